The molecule has 0 amide bonds. The van der Waals surface area contributed by atoms with E-state index in [4.69, 9.17) is 18.5 Å². The van der Waals surface area contributed by atoms with Gasteiger partial charge in [-0.25, -0.2) is 4.57 Å². The number of carbonyl (C=O) groups excluding carboxylic acids is 2. The second-order valence-corrected chi connectivity index (χ2v) is 17.3. The maximum absolute atomic E-state index is 12.7. The van der Waals surface area contributed by atoms with Crippen molar-refractivity contribution in [1.82, 2.24) is 0 Å². The fourth-order valence-electron chi connectivity index (χ4n) is 7.05. The van der Waals surface area contributed by atoms with Crippen LogP contribution in [0.15, 0.2) is 0 Å². The molecule has 332 valence electrons. The van der Waals surface area contributed by atoms with E-state index in [9.17, 15) is 44.6 Å². The highest BCUT2D eigenvalue weighted by atomic mass is 31.2. The lowest BCUT2D eigenvalue weighted by molar-refractivity contribution is -0.220. The standard InChI is InChI=1S/C42H81O13P/c1-3-5-7-9-11-12-13-14-15-16-17-18-19-20-21-22-23-25-27-29-31-36(44)54-34(32-52-35(43)30-28-26-24-10-8-6-4-2)33-53-56(50,51)55-42-40(48)38(46)37(45)39(47)41(42)49/h34,37-42,45-49H,3-33H2,1-2H3,(H,50,51)/t34-,37?,38-,39?,40?,41?,42?/m1/s1. The van der Waals surface area contributed by atoms with Crippen LogP contribution < -0.4 is 0 Å². The van der Waals surface area contributed by atoms with Gasteiger partial charge in [0.15, 0.2) is 6.10 Å². The average Bonchev–Trinajstić information content (AvgIpc) is 3.18. The fraction of sp³-hybridized carbons (Fsp3) is 0.952. The summed E-state index contributed by atoms with van der Waals surface area (Å²) in [5.41, 5.74) is 0. The third-order valence-corrected chi connectivity index (χ3v) is 11.7. The molecule has 8 atom stereocenters. The first-order valence-electron chi connectivity index (χ1n) is 22.3. The van der Waals surface area contributed by atoms with E-state index in [0.29, 0.717) is 12.8 Å². The average molecular weight is 825 g/mol. The lowest BCUT2D eigenvalue weighted by Gasteiger charge is -2.41. The Bertz CT molecular complexity index is 1000. The Morgan fingerprint density at radius 2 is 0.804 bits per heavy atom. The molecule has 0 spiro atoms. The highest BCUT2D eigenvalue weighted by molar-refractivity contribution is 7.47. The van der Waals surface area contributed by atoms with Crippen molar-refractivity contribution in [2.75, 3.05) is 13.2 Å². The molecule has 1 rings (SSSR count). The maximum atomic E-state index is 12.7. The molecule has 0 aliphatic heterocycles. The van der Waals surface area contributed by atoms with Gasteiger partial charge in [0.2, 0.25) is 0 Å². The van der Waals surface area contributed by atoms with Crippen molar-refractivity contribution in [2.24, 2.45) is 0 Å². The summed E-state index contributed by atoms with van der Waals surface area (Å²) < 4.78 is 33.4. The first-order valence-corrected chi connectivity index (χ1v) is 23.8. The van der Waals surface area contributed by atoms with Crippen LogP contribution in [0.1, 0.15) is 200 Å². The summed E-state index contributed by atoms with van der Waals surface area (Å²) in [6.45, 7) is 3.25. The minimum Gasteiger partial charge on any atom is -0.462 e. The number of ether oxygens (including phenoxy) is 2. The largest absolute Gasteiger partial charge is 0.472 e. The minimum absolute atomic E-state index is 0.104. The number of hydrogen-bond acceptors (Lipinski definition) is 12. The number of unbranched alkanes of at least 4 members (excludes halogenated alkanes) is 25. The molecule has 14 heteroatoms. The molecule has 0 heterocycles. The van der Waals surface area contributed by atoms with Crippen molar-refractivity contribution in [3.8, 4) is 0 Å². The van der Waals surface area contributed by atoms with Crippen molar-refractivity contribution < 1.29 is 63.1 Å². The van der Waals surface area contributed by atoms with Gasteiger partial charge in [0, 0.05) is 12.8 Å². The molecule has 13 nitrogen and oxygen atoms in total. The number of phosphoric ester groups is 1. The third-order valence-electron chi connectivity index (χ3n) is 10.7. The molecule has 1 saturated carbocycles. The van der Waals surface area contributed by atoms with Crippen molar-refractivity contribution in [2.45, 2.75) is 243 Å². The van der Waals surface area contributed by atoms with Gasteiger partial charge >= 0.3 is 19.8 Å². The first kappa shape index (κ1) is 52.9. The van der Waals surface area contributed by atoms with Crippen LogP contribution in [0.5, 0.6) is 0 Å². The number of aliphatic hydroxyl groups is 5. The Morgan fingerprint density at radius 3 is 1.18 bits per heavy atom. The number of aliphatic hydroxyl groups excluding tert-OH is 5. The summed E-state index contributed by atoms with van der Waals surface area (Å²) in [6.07, 6.45) is 19.2. The van der Waals surface area contributed by atoms with E-state index in [0.717, 1.165) is 51.4 Å². The second-order valence-electron chi connectivity index (χ2n) is 15.9. The number of phosphoric acid groups is 1. The molecular weight excluding hydrogens is 743 g/mol. The monoisotopic (exact) mass is 825 g/mol. The van der Waals surface area contributed by atoms with Crippen LogP contribution >= 0.6 is 7.82 Å². The van der Waals surface area contributed by atoms with E-state index >= 15 is 0 Å². The maximum Gasteiger partial charge on any atom is 0.472 e. The Labute approximate surface area is 338 Å². The molecule has 6 N–H and O–H groups in total. The van der Waals surface area contributed by atoms with Crippen LogP contribution in [0.2, 0.25) is 0 Å². The predicted octanol–water partition coefficient (Wildman–Crippen LogP) is 8.11. The Kier molecular flexibility index (Phi) is 31.8. The topological polar surface area (TPSA) is 210 Å². The summed E-state index contributed by atoms with van der Waals surface area (Å²) in [4.78, 5) is 35.4. The van der Waals surface area contributed by atoms with Crippen molar-refractivity contribution in [3.63, 3.8) is 0 Å². The van der Waals surface area contributed by atoms with E-state index in [2.05, 4.69) is 13.8 Å². The lowest BCUT2D eigenvalue weighted by Crippen LogP contribution is -2.64. The number of rotatable bonds is 37. The van der Waals surface area contributed by atoms with Gasteiger partial charge in [-0.2, -0.15) is 0 Å². The Hall–Kier alpha value is -1.15. The van der Waals surface area contributed by atoms with Gasteiger partial charge in [-0.1, -0.05) is 174 Å². The van der Waals surface area contributed by atoms with Gasteiger partial charge in [-0.3, -0.25) is 18.6 Å². The van der Waals surface area contributed by atoms with Crippen LogP contribution in [0, 0.1) is 0 Å². The summed E-state index contributed by atoms with van der Waals surface area (Å²) in [7, 11) is -5.10. The Morgan fingerprint density at radius 1 is 0.482 bits per heavy atom. The Balaban J connectivity index is 2.37. The predicted molar refractivity (Wildman–Crippen MR) is 217 cm³/mol. The third kappa shape index (κ3) is 26.1. The van der Waals surface area contributed by atoms with Crippen LogP contribution in [0.25, 0.3) is 0 Å². The quantitative estimate of drug-likeness (QED) is 0.0199. The summed E-state index contributed by atoms with van der Waals surface area (Å²) in [6, 6.07) is 0. The van der Waals surface area contributed by atoms with Gasteiger partial charge in [-0.05, 0) is 12.8 Å². The van der Waals surface area contributed by atoms with Crippen LogP contribution in [-0.4, -0.2) is 98.3 Å². The highest BCUT2D eigenvalue weighted by Crippen LogP contribution is 2.47. The lowest BCUT2D eigenvalue weighted by atomic mass is 9.85. The SMILES string of the molecule is CCCCCCCCCCCCCCCCCCCCCCC(=O)O[C@H](COC(=O)CCCCCCCCC)COP(=O)(O)OC1C(O)C(O)C(O)[C@@H](O)C1O. The first-order chi connectivity index (χ1) is 26.9. The zero-order valence-electron chi connectivity index (χ0n) is 34.9. The summed E-state index contributed by atoms with van der Waals surface area (Å²) in [5, 5.41) is 50.0. The molecule has 0 aromatic carbocycles. The molecule has 56 heavy (non-hydrogen) atoms. The van der Waals surface area contributed by atoms with Crippen LogP contribution in [0.3, 0.4) is 0 Å². The van der Waals surface area contributed by atoms with E-state index in [1.54, 1.807) is 0 Å². The normalized spacial score (nSPS) is 22.8. The molecule has 1 aliphatic rings. The highest BCUT2D eigenvalue weighted by Gasteiger charge is 2.51. The van der Waals surface area contributed by atoms with E-state index in [-0.39, 0.29) is 12.8 Å². The molecule has 0 saturated heterocycles. The van der Waals surface area contributed by atoms with Gasteiger partial charge in [0.25, 0.3) is 0 Å². The van der Waals surface area contributed by atoms with Crippen molar-refractivity contribution >= 4 is 19.8 Å². The molecule has 0 aromatic rings. The van der Waals surface area contributed by atoms with Gasteiger partial charge in [0.1, 0.15) is 43.2 Å². The van der Waals surface area contributed by atoms with Gasteiger partial charge in [0.05, 0.1) is 6.61 Å². The van der Waals surface area contributed by atoms with Gasteiger partial charge < -0.3 is 39.9 Å². The summed E-state index contributed by atoms with van der Waals surface area (Å²) >= 11 is 0. The number of hydrogen-bond donors (Lipinski definition) is 6. The fourth-order valence-corrected chi connectivity index (χ4v) is 8.03. The molecule has 1 fully saturated rings. The second kappa shape index (κ2) is 33.7. The molecule has 1 aliphatic carbocycles. The van der Waals surface area contributed by atoms with E-state index < -0.39 is 75.7 Å². The smallest absolute Gasteiger partial charge is 0.462 e. The zero-order chi connectivity index (χ0) is 41.4. The zero-order valence-corrected chi connectivity index (χ0v) is 35.8. The van der Waals surface area contributed by atoms with Crippen molar-refractivity contribution in [3.05, 3.63) is 0 Å². The summed E-state index contributed by atoms with van der Waals surface area (Å²) in [5.74, 6) is -1.09. The molecule has 0 aromatic heterocycles. The minimum atomic E-state index is -5.10. The van der Waals surface area contributed by atoms with Gasteiger partial charge in [-0.15, -0.1) is 0 Å². The number of esters is 2. The van der Waals surface area contributed by atoms with E-state index in [1.165, 1.54) is 109 Å². The molecule has 0 radical (unpaired) electrons. The van der Waals surface area contributed by atoms with Crippen molar-refractivity contribution in [1.29, 1.82) is 0 Å². The van der Waals surface area contributed by atoms with Crippen LogP contribution in [0.4, 0.5) is 0 Å². The molecule has 6 unspecified atom stereocenters. The van der Waals surface area contributed by atoms with Crippen LogP contribution in [-0.2, 0) is 32.7 Å². The number of carbonyl (C=O) groups is 2. The molecular formula is C42H81O13P. The molecule has 0 bridgehead atoms. The van der Waals surface area contributed by atoms with E-state index in [1.807, 2.05) is 0 Å².